The van der Waals surface area contributed by atoms with E-state index in [4.69, 9.17) is 9.47 Å². The first kappa shape index (κ1) is 26.9. The van der Waals surface area contributed by atoms with Gasteiger partial charge in [0.1, 0.15) is 0 Å². The normalized spacial score (nSPS) is 27.7. The van der Waals surface area contributed by atoms with Crippen molar-refractivity contribution in [3.05, 3.63) is 41.0 Å². The molecule has 2 bridgehead atoms. The van der Waals surface area contributed by atoms with Crippen LogP contribution in [0.15, 0.2) is 29.8 Å². The third-order valence-electron chi connectivity index (χ3n) is 9.19. The first-order valence-corrected chi connectivity index (χ1v) is 13.6. The molecule has 6 nitrogen and oxygen atoms in total. The Bertz CT molecular complexity index is 1140. The molecule has 1 aromatic carbocycles. The maximum atomic E-state index is 13.8. The standard InChI is InChI=1S/C29H37F3N2O4/c1-16(2)38-27(36)34-23-11-10-20(29(30,31)32)12-21(23)25(14-24(34)17-6-7-17)33(26(35)37-5)15-18-8-9-19-13-22(18)28(19,3)4/h8,10-12,16-17,19,22,24-25H,6-7,9,13-15H2,1-5H3/t19-,22-,24?,25?/m0/s1. The Morgan fingerprint density at radius 2 is 1.89 bits per heavy atom. The number of carbonyl (C=O) groups is 2. The molecule has 4 aliphatic carbocycles. The van der Waals surface area contributed by atoms with E-state index in [1.54, 1.807) is 18.7 Å². The summed E-state index contributed by atoms with van der Waals surface area (Å²) in [5.41, 5.74) is 1.12. The van der Waals surface area contributed by atoms with Crippen molar-refractivity contribution in [1.29, 1.82) is 0 Å². The number of allylic oxidation sites excluding steroid dienone is 1. The molecule has 2 unspecified atom stereocenters. The molecule has 0 saturated heterocycles. The summed E-state index contributed by atoms with van der Waals surface area (Å²) < 4.78 is 52.3. The van der Waals surface area contributed by atoms with E-state index in [-0.39, 0.29) is 23.5 Å². The molecule has 2 saturated carbocycles. The molecular formula is C29H37F3N2O4. The van der Waals surface area contributed by atoms with Gasteiger partial charge in [-0.2, -0.15) is 13.2 Å². The molecule has 2 fully saturated rings. The van der Waals surface area contributed by atoms with Crippen LogP contribution in [0.1, 0.15) is 77.0 Å². The maximum absolute atomic E-state index is 13.8. The fraction of sp³-hybridized carbons (Fsp3) is 0.655. The second-order valence-corrected chi connectivity index (χ2v) is 12.1. The summed E-state index contributed by atoms with van der Waals surface area (Å²) in [6.45, 7) is 8.27. The van der Waals surface area contributed by atoms with Crippen LogP contribution in [0.4, 0.5) is 28.4 Å². The number of nitrogens with zero attached hydrogens (tertiary/aromatic N) is 2. The maximum Gasteiger partial charge on any atom is 0.416 e. The fourth-order valence-corrected chi connectivity index (χ4v) is 6.80. The van der Waals surface area contributed by atoms with E-state index in [9.17, 15) is 22.8 Å². The summed E-state index contributed by atoms with van der Waals surface area (Å²) in [7, 11) is 1.30. The zero-order valence-electron chi connectivity index (χ0n) is 22.7. The van der Waals surface area contributed by atoms with Gasteiger partial charge in [-0.15, -0.1) is 0 Å². The summed E-state index contributed by atoms with van der Waals surface area (Å²) in [4.78, 5) is 29.6. The van der Waals surface area contributed by atoms with Gasteiger partial charge in [0.2, 0.25) is 0 Å². The molecule has 1 aromatic rings. The first-order valence-electron chi connectivity index (χ1n) is 13.6. The molecule has 208 valence electrons. The van der Waals surface area contributed by atoms with E-state index in [1.807, 2.05) is 0 Å². The van der Waals surface area contributed by atoms with Gasteiger partial charge in [-0.25, -0.2) is 9.59 Å². The molecule has 1 aliphatic heterocycles. The predicted molar refractivity (Wildman–Crippen MR) is 137 cm³/mol. The number of carbonyl (C=O) groups excluding carboxylic acids is 2. The fourth-order valence-electron chi connectivity index (χ4n) is 6.80. The largest absolute Gasteiger partial charge is 0.453 e. The Morgan fingerprint density at radius 1 is 1.18 bits per heavy atom. The Balaban J connectivity index is 1.59. The number of benzene rings is 1. The van der Waals surface area contributed by atoms with Crippen molar-refractivity contribution in [2.24, 2.45) is 23.2 Å². The average Bonchev–Trinajstić information content (AvgIpc) is 3.70. The lowest BCUT2D eigenvalue weighted by atomic mass is 9.49. The second kappa shape index (κ2) is 9.49. The van der Waals surface area contributed by atoms with Crippen LogP contribution in [0, 0.1) is 23.2 Å². The van der Waals surface area contributed by atoms with E-state index in [0.29, 0.717) is 36.1 Å². The quantitative estimate of drug-likeness (QED) is 0.371. The van der Waals surface area contributed by atoms with Crippen molar-refractivity contribution in [2.45, 2.75) is 84.2 Å². The first-order chi connectivity index (χ1) is 17.8. The van der Waals surface area contributed by atoms with Gasteiger partial charge in [0.25, 0.3) is 0 Å². The Labute approximate surface area is 222 Å². The zero-order valence-corrected chi connectivity index (χ0v) is 22.7. The van der Waals surface area contributed by atoms with E-state index in [2.05, 4.69) is 19.9 Å². The molecule has 2 amide bonds. The highest BCUT2D eigenvalue weighted by molar-refractivity contribution is 5.91. The molecule has 6 rings (SSSR count). The van der Waals surface area contributed by atoms with Gasteiger partial charge in [0, 0.05) is 12.6 Å². The van der Waals surface area contributed by atoms with Gasteiger partial charge in [-0.1, -0.05) is 25.5 Å². The van der Waals surface area contributed by atoms with Gasteiger partial charge in [-0.3, -0.25) is 9.80 Å². The van der Waals surface area contributed by atoms with Crippen molar-refractivity contribution in [2.75, 3.05) is 18.6 Å². The predicted octanol–water partition coefficient (Wildman–Crippen LogP) is 7.34. The lowest BCUT2D eigenvalue weighted by Gasteiger charge is -2.57. The molecule has 0 spiro atoms. The number of hydrogen-bond acceptors (Lipinski definition) is 4. The number of methoxy groups -OCH3 is 1. The summed E-state index contributed by atoms with van der Waals surface area (Å²) in [5.74, 6) is 1.15. The second-order valence-electron chi connectivity index (χ2n) is 12.1. The number of halogens is 3. The molecule has 5 aliphatic rings. The number of ether oxygens (including phenoxy) is 2. The Kier molecular flexibility index (Phi) is 6.71. The van der Waals surface area contributed by atoms with Crippen LogP contribution in [0.25, 0.3) is 0 Å². The lowest BCUT2D eigenvalue weighted by Crippen LogP contribution is -2.53. The van der Waals surface area contributed by atoms with Crippen molar-refractivity contribution in [3.63, 3.8) is 0 Å². The number of hydrogen-bond donors (Lipinski definition) is 0. The molecule has 0 radical (unpaired) electrons. The highest BCUT2D eigenvalue weighted by Gasteiger charge is 2.53. The number of alkyl halides is 3. The summed E-state index contributed by atoms with van der Waals surface area (Å²) in [6.07, 6.45) is 0.260. The minimum Gasteiger partial charge on any atom is -0.453 e. The van der Waals surface area contributed by atoms with Crippen LogP contribution in [-0.4, -0.2) is 42.9 Å². The van der Waals surface area contributed by atoms with Gasteiger partial charge in [0.05, 0.1) is 30.5 Å². The van der Waals surface area contributed by atoms with E-state index >= 15 is 0 Å². The monoisotopic (exact) mass is 534 g/mol. The van der Waals surface area contributed by atoms with Crippen molar-refractivity contribution in [1.82, 2.24) is 4.90 Å². The Morgan fingerprint density at radius 3 is 2.45 bits per heavy atom. The van der Waals surface area contributed by atoms with Crippen molar-refractivity contribution < 1.29 is 32.2 Å². The topological polar surface area (TPSA) is 59.1 Å². The van der Waals surface area contributed by atoms with Crippen LogP contribution in [-0.2, 0) is 15.7 Å². The summed E-state index contributed by atoms with van der Waals surface area (Å²) >= 11 is 0. The van der Waals surface area contributed by atoms with Gasteiger partial charge < -0.3 is 9.47 Å². The molecule has 1 heterocycles. The molecule has 4 atom stereocenters. The third kappa shape index (κ3) is 4.66. The summed E-state index contributed by atoms with van der Waals surface area (Å²) in [5, 5.41) is 0. The molecule has 0 N–H and O–H groups in total. The Hall–Kier alpha value is -2.71. The minimum absolute atomic E-state index is 0.133. The number of amides is 2. The molecular weight excluding hydrogens is 497 g/mol. The van der Waals surface area contributed by atoms with Gasteiger partial charge >= 0.3 is 18.4 Å². The third-order valence-corrected chi connectivity index (χ3v) is 9.19. The van der Waals surface area contributed by atoms with Gasteiger partial charge in [-0.05, 0) is 92.9 Å². The number of fused-ring (bicyclic) bond motifs is 2. The molecule has 0 aromatic heterocycles. The molecule has 9 heteroatoms. The van der Waals surface area contributed by atoms with E-state index in [0.717, 1.165) is 43.4 Å². The van der Waals surface area contributed by atoms with Crippen molar-refractivity contribution in [3.8, 4) is 0 Å². The lowest BCUT2D eigenvalue weighted by molar-refractivity contribution is -0.137. The highest BCUT2D eigenvalue weighted by Crippen LogP contribution is 2.59. The average molecular weight is 535 g/mol. The minimum atomic E-state index is -4.57. The number of anilines is 1. The highest BCUT2D eigenvalue weighted by atomic mass is 19.4. The zero-order chi connectivity index (χ0) is 27.6. The van der Waals surface area contributed by atoms with Crippen LogP contribution >= 0.6 is 0 Å². The van der Waals surface area contributed by atoms with Gasteiger partial charge in [0.15, 0.2) is 0 Å². The van der Waals surface area contributed by atoms with Crippen LogP contribution < -0.4 is 4.90 Å². The number of rotatable bonds is 5. The summed E-state index contributed by atoms with van der Waals surface area (Å²) in [6, 6.07) is 2.50. The van der Waals surface area contributed by atoms with Crippen LogP contribution in [0.2, 0.25) is 0 Å². The van der Waals surface area contributed by atoms with Crippen LogP contribution in [0.3, 0.4) is 0 Å². The molecule has 38 heavy (non-hydrogen) atoms. The smallest absolute Gasteiger partial charge is 0.416 e. The van der Waals surface area contributed by atoms with E-state index in [1.165, 1.54) is 18.1 Å². The SMILES string of the molecule is COC(=O)N(CC1=CC[C@H]2C[C@@H]1C2(C)C)C1CC(C2CC2)N(C(=O)OC(C)C)c2ccc(C(F)(F)F)cc21. The van der Waals surface area contributed by atoms with Crippen LogP contribution in [0.5, 0.6) is 0 Å². The van der Waals surface area contributed by atoms with E-state index < -0.39 is 30.0 Å². The van der Waals surface area contributed by atoms with Crippen molar-refractivity contribution >= 4 is 17.9 Å².